The van der Waals surface area contributed by atoms with Gasteiger partial charge in [-0.3, -0.25) is 29.0 Å². The lowest BCUT2D eigenvalue weighted by molar-refractivity contribution is -0.157. The number of halogens is 1. The fourth-order valence-corrected chi connectivity index (χ4v) is 5.65. The van der Waals surface area contributed by atoms with Gasteiger partial charge in [-0.1, -0.05) is 15.9 Å². The van der Waals surface area contributed by atoms with Crippen LogP contribution in [0.15, 0.2) is 40.9 Å². The molecule has 47 heavy (non-hydrogen) atoms. The molecule has 2 aromatic rings. The zero-order valence-electron chi connectivity index (χ0n) is 29.4. The number of nitrogens with zero attached hydrogens (tertiary/aromatic N) is 3. The second kappa shape index (κ2) is 19.0. The van der Waals surface area contributed by atoms with Crippen molar-refractivity contribution in [3.05, 3.63) is 63.1 Å². The quantitative estimate of drug-likeness (QED) is 0.308. The number of piperazine rings is 2. The summed E-state index contributed by atoms with van der Waals surface area (Å²) in [6.45, 7) is 23.1. The Balaban J connectivity index is 0.000000271. The van der Waals surface area contributed by atoms with Gasteiger partial charge < -0.3 is 19.7 Å². The van der Waals surface area contributed by atoms with Gasteiger partial charge >= 0.3 is 11.9 Å². The first-order valence-corrected chi connectivity index (χ1v) is 16.9. The average Bonchev–Trinajstić information content (AvgIpc) is 2.96. The molecule has 11 heteroatoms. The monoisotopic (exact) mass is 716 g/mol. The molecule has 2 heterocycles. The van der Waals surface area contributed by atoms with Crippen molar-refractivity contribution in [1.29, 1.82) is 0 Å². The third-order valence-electron chi connectivity index (χ3n) is 6.91. The molecular formula is C36H53BrN4O6. The summed E-state index contributed by atoms with van der Waals surface area (Å²) in [5.41, 5.74) is 3.86. The van der Waals surface area contributed by atoms with Crippen molar-refractivity contribution >= 4 is 46.1 Å². The van der Waals surface area contributed by atoms with Crippen LogP contribution in [0.3, 0.4) is 0 Å². The third kappa shape index (κ3) is 17.0. The number of anilines is 1. The topological polar surface area (TPSA) is 108 Å². The van der Waals surface area contributed by atoms with Crippen LogP contribution in [0.25, 0.3) is 0 Å². The summed E-state index contributed by atoms with van der Waals surface area (Å²) in [7, 11) is 0. The van der Waals surface area contributed by atoms with Crippen molar-refractivity contribution in [2.24, 2.45) is 0 Å². The number of carbonyl (C=O) groups is 4. The Hall–Kier alpha value is -3.12. The van der Waals surface area contributed by atoms with Gasteiger partial charge in [0.25, 0.3) is 0 Å². The summed E-state index contributed by atoms with van der Waals surface area (Å²) < 4.78 is 11.6. The Morgan fingerprint density at radius 2 is 1.15 bits per heavy atom. The van der Waals surface area contributed by atoms with Crippen molar-refractivity contribution < 1.29 is 28.7 Å². The van der Waals surface area contributed by atoms with E-state index in [2.05, 4.69) is 42.0 Å². The average molecular weight is 718 g/mol. The Morgan fingerprint density at radius 3 is 1.60 bits per heavy atom. The normalized spacial score (nSPS) is 15.7. The van der Waals surface area contributed by atoms with E-state index in [0.29, 0.717) is 24.2 Å². The number of hydrogen-bond acceptors (Lipinski definition) is 10. The molecule has 260 valence electrons. The molecule has 0 saturated carbocycles. The van der Waals surface area contributed by atoms with Crippen molar-refractivity contribution in [1.82, 2.24) is 15.1 Å². The van der Waals surface area contributed by atoms with Crippen LogP contribution >= 0.6 is 15.9 Å². The van der Waals surface area contributed by atoms with E-state index in [0.717, 1.165) is 86.2 Å². The molecule has 0 atom stereocenters. The molecule has 0 amide bonds. The smallest absolute Gasteiger partial charge is 0.320 e. The lowest BCUT2D eigenvalue weighted by Crippen LogP contribution is -2.48. The molecule has 0 aromatic heterocycles. The SMILES string of the molecule is CC(C)(C)OC(=O)CN1CCNCC1.Cc1cc(Br)cc(C=O)c1.Cc1cc(C=O)cc(N2CCN(CC(=O)OC(C)(C)C)CC2)c1. The number of nitrogens with one attached hydrogen (secondary N) is 1. The van der Waals surface area contributed by atoms with Gasteiger partial charge in [0.2, 0.25) is 0 Å². The minimum atomic E-state index is -0.439. The molecule has 2 fully saturated rings. The van der Waals surface area contributed by atoms with Crippen molar-refractivity contribution in [3.8, 4) is 0 Å². The van der Waals surface area contributed by atoms with Gasteiger partial charge in [0.1, 0.15) is 23.8 Å². The second-order valence-corrected chi connectivity index (χ2v) is 14.8. The van der Waals surface area contributed by atoms with Crippen molar-refractivity contribution in [3.63, 3.8) is 0 Å². The van der Waals surface area contributed by atoms with Crippen LogP contribution in [0.2, 0.25) is 0 Å². The van der Waals surface area contributed by atoms with Crippen LogP contribution in [0.4, 0.5) is 5.69 Å². The van der Waals surface area contributed by atoms with E-state index in [1.165, 1.54) is 0 Å². The highest BCUT2D eigenvalue weighted by atomic mass is 79.9. The molecule has 0 unspecified atom stereocenters. The first kappa shape index (κ1) is 40.1. The number of ether oxygens (including phenoxy) is 2. The Labute approximate surface area is 289 Å². The molecule has 4 rings (SSSR count). The maximum absolute atomic E-state index is 11.9. The number of aldehydes is 2. The first-order chi connectivity index (χ1) is 22.0. The van der Waals surface area contributed by atoms with Crippen LogP contribution in [0, 0.1) is 13.8 Å². The van der Waals surface area contributed by atoms with Gasteiger partial charge in [0, 0.05) is 73.6 Å². The fourth-order valence-electron chi connectivity index (χ4n) is 5.02. The van der Waals surface area contributed by atoms with E-state index in [4.69, 9.17) is 9.47 Å². The van der Waals surface area contributed by atoms with E-state index in [9.17, 15) is 19.2 Å². The van der Waals surface area contributed by atoms with Crippen molar-refractivity contribution in [2.45, 2.75) is 66.6 Å². The highest BCUT2D eigenvalue weighted by molar-refractivity contribution is 9.10. The molecule has 0 aliphatic carbocycles. The zero-order valence-corrected chi connectivity index (χ0v) is 30.9. The standard InChI is InChI=1S/C18H26N2O3.C10H20N2O2.C8H7BrO/c1-14-9-15(13-21)11-16(10-14)20-7-5-19(6-8-20)12-17(22)23-18(2,3)4;1-10(2,3)14-9(13)8-12-6-4-11-5-7-12;1-6-2-7(5-10)4-8(9)3-6/h9-11,13H,5-8,12H2,1-4H3;11H,4-8H2,1-3H3;2-5H,1H3. The van der Waals surface area contributed by atoms with Crippen molar-refractivity contribution in [2.75, 3.05) is 70.3 Å². The number of hydrogen-bond donors (Lipinski definition) is 1. The lowest BCUT2D eigenvalue weighted by atomic mass is 10.1. The number of rotatable bonds is 7. The molecule has 0 radical (unpaired) electrons. The molecule has 2 saturated heterocycles. The fraction of sp³-hybridized carbons (Fsp3) is 0.556. The molecule has 1 N–H and O–H groups in total. The van der Waals surface area contributed by atoms with Gasteiger partial charge in [-0.15, -0.1) is 0 Å². The van der Waals surface area contributed by atoms with Crippen LogP contribution < -0.4 is 10.2 Å². The number of benzene rings is 2. The van der Waals surface area contributed by atoms with Gasteiger partial charge in [0.05, 0.1) is 13.1 Å². The second-order valence-electron chi connectivity index (χ2n) is 13.9. The molecule has 0 spiro atoms. The van der Waals surface area contributed by atoms with Crippen LogP contribution in [0.5, 0.6) is 0 Å². The Kier molecular flexibility index (Phi) is 16.2. The molecule has 0 bridgehead atoms. The zero-order chi connectivity index (χ0) is 35.2. The summed E-state index contributed by atoms with van der Waals surface area (Å²) in [6, 6.07) is 11.5. The van der Waals surface area contributed by atoms with Gasteiger partial charge in [0.15, 0.2) is 0 Å². The van der Waals surface area contributed by atoms with E-state index in [-0.39, 0.29) is 17.5 Å². The van der Waals surface area contributed by atoms with Gasteiger partial charge in [-0.05, 0) is 103 Å². The predicted molar refractivity (Wildman–Crippen MR) is 190 cm³/mol. The summed E-state index contributed by atoms with van der Waals surface area (Å²) in [6.07, 6.45) is 1.73. The highest BCUT2D eigenvalue weighted by Crippen LogP contribution is 2.20. The van der Waals surface area contributed by atoms with E-state index in [1.54, 1.807) is 6.07 Å². The summed E-state index contributed by atoms with van der Waals surface area (Å²) in [4.78, 5) is 51.1. The van der Waals surface area contributed by atoms with Gasteiger partial charge in [-0.25, -0.2) is 0 Å². The lowest BCUT2D eigenvalue weighted by Gasteiger charge is -2.36. The van der Waals surface area contributed by atoms with Crippen LogP contribution in [-0.4, -0.2) is 111 Å². The molecule has 2 aromatic carbocycles. The largest absolute Gasteiger partial charge is 0.459 e. The summed E-state index contributed by atoms with van der Waals surface area (Å²) in [5, 5.41) is 3.24. The van der Waals surface area contributed by atoms with Gasteiger partial charge in [-0.2, -0.15) is 0 Å². The Morgan fingerprint density at radius 1 is 0.702 bits per heavy atom. The van der Waals surface area contributed by atoms with E-state index >= 15 is 0 Å². The van der Waals surface area contributed by atoms with E-state index < -0.39 is 5.60 Å². The number of aryl methyl sites for hydroxylation is 2. The predicted octanol–water partition coefficient (Wildman–Crippen LogP) is 5.07. The third-order valence-corrected chi connectivity index (χ3v) is 7.37. The summed E-state index contributed by atoms with van der Waals surface area (Å²) in [5.74, 6) is -0.302. The Bertz CT molecular complexity index is 1300. The van der Waals surface area contributed by atoms with Crippen LogP contribution in [0.1, 0.15) is 73.4 Å². The highest BCUT2D eigenvalue weighted by Gasteiger charge is 2.23. The first-order valence-electron chi connectivity index (χ1n) is 16.1. The molecular weight excluding hydrogens is 664 g/mol. The molecule has 2 aliphatic heterocycles. The number of carbonyl (C=O) groups excluding carboxylic acids is 4. The van der Waals surface area contributed by atoms with Crippen LogP contribution in [-0.2, 0) is 19.1 Å². The molecule has 2 aliphatic rings. The maximum atomic E-state index is 11.9. The summed E-state index contributed by atoms with van der Waals surface area (Å²) >= 11 is 3.29. The molecule has 10 nitrogen and oxygen atoms in total. The minimum Gasteiger partial charge on any atom is -0.459 e. The van der Waals surface area contributed by atoms with E-state index in [1.807, 2.05) is 79.7 Å². The minimum absolute atomic E-state index is 0.126. The number of esters is 2. The maximum Gasteiger partial charge on any atom is 0.320 e.